The van der Waals surface area contributed by atoms with E-state index in [-0.39, 0.29) is 48.8 Å². The third kappa shape index (κ3) is 4.60. The number of amides is 1. The van der Waals surface area contributed by atoms with E-state index in [2.05, 4.69) is 24.3 Å². The summed E-state index contributed by atoms with van der Waals surface area (Å²) in [4.78, 5) is 27.6. The first-order valence-corrected chi connectivity index (χ1v) is 12.3. The molecule has 2 saturated heterocycles. The molecule has 3 aliphatic rings. The molecule has 5 rings (SSSR count). The number of carbonyl (C=O) groups excluding carboxylic acids is 2. The molecule has 4 nitrogen and oxygen atoms in total. The van der Waals surface area contributed by atoms with E-state index in [0.717, 1.165) is 30.4 Å². The zero-order valence-electron chi connectivity index (χ0n) is 19.4. The van der Waals surface area contributed by atoms with Crippen molar-refractivity contribution in [3.63, 3.8) is 0 Å². The molecule has 2 fully saturated rings. The maximum absolute atomic E-state index is 13.2. The summed E-state index contributed by atoms with van der Waals surface area (Å²) >= 11 is 0. The SMILES string of the molecule is O=C(CCC(F)=C(F)F)C1CC2CCCC(C1)N2C(=O)OCC1c2ccccc2-c2ccccc21. The number of hydrogen-bond acceptors (Lipinski definition) is 3. The van der Waals surface area contributed by atoms with E-state index in [1.807, 2.05) is 24.3 Å². The number of ketones is 1. The minimum Gasteiger partial charge on any atom is -0.448 e. The molecular formula is C28H28F3NO3. The lowest BCUT2D eigenvalue weighted by Crippen LogP contribution is -2.55. The molecule has 184 valence electrons. The fourth-order valence-electron chi connectivity index (χ4n) is 6.14. The van der Waals surface area contributed by atoms with Gasteiger partial charge in [-0.3, -0.25) is 4.79 Å². The lowest BCUT2D eigenvalue weighted by atomic mass is 9.76. The maximum Gasteiger partial charge on any atom is 0.410 e. The van der Waals surface area contributed by atoms with Gasteiger partial charge < -0.3 is 9.64 Å². The molecule has 2 atom stereocenters. The lowest BCUT2D eigenvalue weighted by molar-refractivity contribution is -0.126. The van der Waals surface area contributed by atoms with Crippen LogP contribution in [0.4, 0.5) is 18.0 Å². The molecule has 0 saturated carbocycles. The number of Topliss-reactive ketones (excluding diaryl/α,β-unsaturated/α-hetero) is 1. The van der Waals surface area contributed by atoms with Gasteiger partial charge in [0.15, 0.2) is 5.83 Å². The van der Waals surface area contributed by atoms with Crippen LogP contribution < -0.4 is 0 Å². The number of halogens is 3. The summed E-state index contributed by atoms with van der Waals surface area (Å²) in [6, 6.07) is 16.1. The van der Waals surface area contributed by atoms with E-state index in [1.165, 1.54) is 11.1 Å². The smallest absolute Gasteiger partial charge is 0.410 e. The van der Waals surface area contributed by atoms with Gasteiger partial charge in [0.1, 0.15) is 12.4 Å². The van der Waals surface area contributed by atoms with Crippen molar-refractivity contribution in [3.8, 4) is 11.1 Å². The molecule has 1 aliphatic carbocycles. The number of benzene rings is 2. The highest BCUT2D eigenvalue weighted by molar-refractivity contribution is 5.82. The molecule has 2 aromatic carbocycles. The summed E-state index contributed by atoms with van der Waals surface area (Å²) in [5, 5.41) is 0. The molecule has 0 aromatic heterocycles. The maximum atomic E-state index is 13.2. The first-order valence-electron chi connectivity index (χ1n) is 12.3. The van der Waals surface area contributed by atoms with Crippen molar-refractivity contribution in [2.75, 3.05) is 6.61 Å². The van der Waals surface area contributed by atoms with E-state index in [1.54, 1.807) is 4.90 Å². The molecule has 0 radical (unpaired) electrons. The Labute approximate surface area is 202 Å². The van der Waals surface area contributed by atoms with Gasteiger partial charge in [-0.25, -0.2) is 9.18 Å². The van der Waals surface area contributed by atoms with Gasteiger partial charge in [0.25, 0.3) is 0 Å². The Morgan fingerprint density at radius 1 is 0.857 bits per heavy atom. The number of piperidine rings is 2. The largest absolute Gasteiger partial charge is 0.448 e. The second-order valence-corrected chi connectivity index (χ2v) is 9.75. The highest BCUT2D eigenvalue weighted by atomic mass is 19.3. The second-order valence-electron chi connectivity index (χ2n) is 9.75. The van der Waals surface area contributed by atoms with Crippen LogP contribution in [0.3, 0.4) is 0 Å². The van der Waals surface area contributed by atoms with Crippen LogP contribution in [-0.2, 0) is 9.53 Å². The average Bonchev–Trinajstić information content (AvgIpc) is 3.18. The Morgan fingerprint density at radius 2 is 1.43 bits per heavy atom. The Bertz CT molecular complexity index is 1100. The third-order valence-electron chi connectivity index (χ3n) is 7.77. The number of fused-ring (bicyclic) bond motifs is 5. The first kappa shape index (κ1) is 23.6. The van der Waals surface area contributed by atoms with Crippen LogP contribution in [0, 0.1) is 5.92 Å². The normalized spacial score (nSPS) is 22.8. The van der Waals surface area contributed by atoms with Gasteiger partial charge in [-0.2, -0.15) is 8.78 Å². The van der Waals surface area contributed by atoms with Gasteiger partial charge in [0, 0.05) is 36.8 Å². The van der Waals surface area contributed by atoms with Gasteiger partial charge in [0.05, 0.1) is 0 Å². The van der Waals surface area contributed by atoms with Crippen molar-refractivity contribution in [2.24, 2.45) is 5.92 Å². The van der Waals surface area contributed by atoms with Crippen molar-refractivity contribution in [1.82, 2.24) is 4.90 Å². The number of carbonyl (C=O) groups is 2. The van der Waals surface area contributed by atoms with Crippen LogP contribution in [0.5, 0.6) is 0 Å². The minimum atomic E-state index is -2.36. The van der Waals surface area contributed by atoms with Crippen LogP contribution in [0.1, 0.15) is 62.0 Å². The molecule has 2 aliphatic heterocycles. The van der Waals surface area contributed by atoms with Crippen molar-refractivity contribution in [1.29, 1.82) is 0 Å². The predicted molar refractivity (Wildman–Crippen MR) is 126 cm³/mol. The summed E-state index contributed by atoms with van der Waals surface area (Å²) in [5.74, 6) is -2.08. The summed E-state index contributed by atoms with van der Waals surface area (Å²) in [6.45, 7) is 0.242. The Hall–Kier alpha value is -3.09. The van der Waals surface area contributed by atoms with Gasteiger partial charge in [0.2, 0.25) is 0 Å². The molecule has 2 heterocycles. The van der Waals surface area contributed by atoms with E-state index in [9.17, 15) is 22.8 Å². The molecule has 2 unspecified atom stereocenters. The van der Waals surface area contributed by atoms with Crippen molar-refractivity contribution in [2.45, 2.75) is 62.9 Å². The number of rotatable bonds is 6. The van der Waals surface area contributed by atoms with Crippen LogP contribution in [0.15, 0.2) is 60.4 Å². The van der Waals surface area contributed by atoms with Gasteiger partial charge in [-0.05, 0) is 54.4 Å². The molecule has 35 heavy (non-hydrogen) atoms. The highest BCUT2D eigenvalue weighted by Gasteiger charge is 2.43. The fourth-order valence-corrected chi connectivity index (χ4v) is 6.14. The predicted octanol–water partition coefficient (Wildman–Crippen LogP) is 7.00. The van der Waals surface area contributed by atoms with Gasteiger partial charge in [-0.15, -0.1) is 0 Å². The van der Waals surface area contributed by atoms with E-state index in [4.69, 9.17) is 4.74 Å². The molecular weight excluding hydrogens is 455 g/mol. The number of ether oxygens (including phenoxy) is 1. The second kappa shape index (κ2) is 9.88. The lowest BCUT2D eigenvalue weighted by Gasteiger charge is -2.47. The topological polar surface area (TPSA) is 46.6 Å². The van der Waals surface area contributed by atoms with Crippen LogP contribution in [0.2, 0.25) is 0 Å². The number of hydrogen-bond donors (Lipinski definition) is 0. The number of allylic oxidation sites excluding steroid dienone is 1. The van der Waals surface area contributed by atoms with Gasteiger partial charge in [-0.1, -0.05) is 48.5 Å². The number of nitrogens with zero attached hydrogens (tertiary/aromatic N) is 1. The van der Waals surface area contributed by atoms with E-state index < -0.39 is 18.3 Å². The van der Waals surface area contributed by atoms with Crippen molar-refractivity contribution >= 4 is 11.9 Å². The average molecular weight is 484 g/mol. The fraction of sp³-hybridized carbons (Fsp3) is 0.429. The Balaban J connectivity index is 1.24. The van der Waals surface area contributed by atoms with Crippen molar-refractivity contribution in [3.05, 3.63) is 71.6 Å². The molecule has 7 heteroatoms. The Kier molecular flexibility index (Phi) is 6.67. The summed E-state index contributed by atoms with van der Waals surface area (Å²) in [5.41, 5.74) is 4.63. The highest BCUT2D eigenvalue weighted by Crippen LogP contribution is 2.45. The van der Waals surface area contributed by atoms with E-state index >= 15 is 0 Å². The molecule has 1 amide bonds. The van der Waals surface area contributed by atoms with E-state index in [0.29, 0.717) is 12.8 Å². The Morgan fingerprint density at radius 3 is 2.00 bits per heavy atom. The quantitative estimate of drug-likeness (QED) is 0.445. The minimum absolute atomic E-state index is 0.0239. The summed E-state index contributed by atoms with van der Waals surface area (Å²) in [6.07, 6.45) is -0.0581. The molecule has 2 bridgehead atoms. The van der Waals surface area contributed by atoms with Crippen LogP contribution in [0.25, 0.3) is 11.1 Å². The molecule has 2 aromatic rings. The van der Waals surface area contributed by atoms with Crippen molar-refractivity contribution < 1.29 is 27.5 Å². The standard InChI is InChI=1S/C28H28F3NO3/c29-25(27(30)31)12-13-26(33)17-14-18-6-5-7-19(15-17)32(18)28(34)35-16-24-22-10-3-1-8-20(22)21-9-2-4-11-23(21)24/h1-4,8-11,17-19,24H,5-7,12-16H2. The third-order valence-corrected chi connectivity index (χ3v) is 7.77. The van der Waals surface area contributed by atoms with Crippen LogP contribution in [-0.4, -0.2) is 35.5 Å². The van der Waals surface area contributed by atoms with Crippen LogP contribution >= 0.6 is 0 Å². The zero-order valence-corrected chi connectivity index (χ0v) is 19.4. The first-order chi connectivity index (χ1) is 16.9. The summed E-state index contributed by atoms with van der Waals surface area (Å²) < 4.78 is 43.7. The molecule has 0 N–H and O–H groups in total. The monoisotopic (exact) mass is 483 g/mol. The zero-order chi connectivity index (χ0) is 24.5. The molecule has 0 spiro atoms. The van der Waals surface area contributed by atoms with Gasteiger partial charge >= 0.3 is 12.2 Å². The summed E-state index contributed by atoms with van der Waals surface area (Å²) in [7, 11) is 0.